The summed E-state index contributed by atoms with van der Waals surface area (Å²) in [5.41, 5.74) is 6.65. The standard InChI is InChI=1S/C23H23F2N3O2S/c24-21(25)17-9-13(23(29)28-10-14-3-4-19(26)18(14)11-28)1-2-15(17)12-30-20-5-7-27-22-16(20)6-8-31-22/h1-2,5-9,14,18-19,21H,3-4,10-12,26H2. The van der Waals surface area contributed by atoms with Crippen LogP contribution in [-0.2, 0) is 6.61 Å². The third-order valence-corrected chi connectivity index (χ3v) is 7.36. The Kier molecular flexibility index (Phi) is 5.35. The van der Waals surface area contributed by atoms with E-state index >= 15 is 0 Å². The van der Waals surface area contributed by atoms with Gasteiger partial charge in [-0.05, 0) is 59.9 Å². The van der Waals surface area contributed by atoms with Gasteiger partial charge in [-0.15, -0.1) is 11.3 Å². The first-order valence-corrected chi connectivity index (χ1v) is 11.3. The van der Waals surface area contributed by atoms with E-state index in [4.69, 9.17) is 10.5 Å². The number of nitrogens with zero attached hydrogens (tertiary/aromatic N) is 2. The molecule has 3 heterocycles. The average molecular weight is 444 g/mol. The summed E-state index contributed by atoms with van der Waals surface area (Å²) in [6.45, 7) is 1.26. The van der Waals surface area contributed by atoms with Crippen molar-refractivity contribution in [2.45, 2.75) is 31.9 Å². The number of likely N-dealkylation sites (tertiary alicyclic amines) is 1. The van der Waals surface area contributed by atoms with E-state index in [0.717, 1.165) is 23.1 Å². The van der Waals surface area contributed by atoms with Gasteiger partial charge in [0.2, 0.25) is 0 Å². The Bertz CT molecular complexity index is 1120. The zero-order valence-corrected chi connectivity index (χ0v) is 17.7. The normalized spacial score (nSPS) is 23.0. The monoisotopic (exact) mass is 443 g/mol. The summed E-state index contributed by atoms with van der Waals surface area (Å²) >= 11 is 1.49. The number of hydrogen-bond donors (Lipinski definition) is 1. The molecule has 162 valence electrons. The largest absolute Gasteiger partial charge is 0.488 e. The number of carbonyl (C=O) groups excluding carboxylic acids is 1. The van der Waals surface area contributed by atoms with Gasteiger partial charge in [0.1, 0.15) is 17.2 Å². The molecule has 5 nitrogen and oxygen atoms in total. The van der Waals surface area contributed by atoms with Crippen LogP contribution in [0.3, 0.4) is 0 Å². The van der Waals surface area contributed by atoms with Crippen molar-refractivity contribution < 1.29 is 18.3 Å². The van der Waals surface area contributed by atoms with Gasteiger partial charge in [0.05, 0.1) is 5.39 Å². The molecule has 3 atom stereocenters. The van der Waals surface area contributed by atoms with Gasteiger partial charge in [0.25, 0.3) is 12.3 Å². The van der Waals surface area contributed by atoms with Crippen LogP contribution in [0.1, 0.15) is 40.8 Å². The third-order valence-electron chi connectivity index (χ3n) is 6.54. The van der Waals surface area contributed by atoms with Crippen LogP contribution in [0, 0.1) is 11.8 Å². The number of thiophene rings is 1. The molecule has 2 aliphatic rings. The topological polar surface area (TPSA) is 68.5 Å². The van der Waals surface area contributed by atoms with E-state index in [9.17, 15) is 13.6 Å². The van der Waals surface area contributed by atoms with Crippen LogP contribution in [-0.4, -0.2) is 34.9 Å². The van der Waals surface area contributed by atoms with Crippen LogP contribution in [0.15, 0.2) is 41.9 Å². The summed E-state index contributed by atoms with van der Waals surface area (Å²) in [6, 6.07) is 8.25. The molecule has 1 aliphatic heterocycles. The zero-order chi connectivity index (χ0) is 21.5. The molecular formula is C23H23F2N3O2S. The number of halogens is 2. The minimum absolute atomic E-state index is 0.00812. The number of pyridine rings is 1. The highest BCUT2D eigenvalue weighted by Gasteiger charge is 2.42. The molecule has 2 N–H and O–H groups in total. The third kappa shape index (κ3) is 3.78. The molecule has 8 heteroatoms. The molecule has 0 bridgehead atoms. The molecule has 3 aromatic rings. The lowest BCUT2D eigenvalue weighted by molar-refractivity contribution is 0.0779. The molecule has 1 aliphatic carbocycles. The fraction of sp³-hybridized carbons (Fsp3) is 0.391. The second kappa shape index (κ2) is 8.16. The first-order valence-electron chi connectivity index (χ1n) is 10.4. The molecule has 3 unspecified atom stereocenters. The van der Waals surface area contributed by atoms with Crippen LogP contribution in [0.5, 0.6) is 5.75 Å². The summed E-state index contributed by atoms with van der Waals surface area (Å²) in [5.74, 6) is 1.15. The number of fused-ring (bicyclic) bond motifs is 2. The average Bonchev–Trinajstić information content (AvgIpc) is 3.49. The zero-order valence-electron chi connectivity index (χ0n) is 16.8. The lowest BCUT2D eigenvalue weighted by Gasteiger charge is -2.20. The highest BCUT2D eigenvalue weighted by Crippen LogP contribution is 2.38. The van der Waals surface area contributed by atoms with Gasteiger partial charge in [-0.2, -0.15) is 0 Å². The number of carbonyl (C=O) groups is 1. The maximum atomic E-state index is 13.8. The van der Waals surface area contributed by atoms with Crippen LogP contribution < -0.4 is 10.5 Å². The highest BCUT2D eigenvalue weighted by molar-refractivity contribution is 7.16. The maximum Gasteiger partial charge on any atom is 0.264 e. The summed E-state index contributed by atoms with van der Waals surface area (Å²) in [5, 5.41) is 2.77. The van der Waals surface area contributed by atoms with Gasteiger partial charge in [0.15, 0.2) is 0 Å². The number of benzene rings is 1. The first-order chi connectivity index (χ1) is 15.0. The molecule has 0 spiro atoms. The quantitative estimate of drug-likeness (QED) is 0.625. The van der Waals surface area contributed by atoms with E-state index < -0.39 is 6.43 Å². The Morgan fingerprint density at radius 2 is 2.13 bits per heavy atom. The van der Waals surface area contributed by atoms with E-state index in [2.05, 4.69) is 4.98 Å². The molecule has 5 rings (SSSR count). The lowest BCUT2D eigenvalue weighted by atomic mass is 9.98. The maximum absolute atomic E-state index is 13.8. The van der Waals surface area contributed by atoms with Crippen LogP contribution in [0.2, 0.25) is 0 Å². The summed E-state index contributed by atoms with van der Waals surface area (Å²) < 4.78 is 33.5. The number of alkyl halides is 2. The number of rotatable bonds is 5. The summed E-state index contributed by atoms with van der Waals surface area (Å²) in [4.78, 5) is 19.8. The van der Waals surface area contributed by atoms with Gasteiger partial charge >= 0.3 is 0 Å². The molecule has 2 aromatic heterocycles. The van der Waals surface area contributed by atoms with Crippen molar-refractivity contribution in [1.29, 1.82) is 0 Å². The Hall–Kier alpha value is -2.58. The van der Waals surface area contributed by atoms with E-state index in [1.54, 1.807) is 29.3 Å². The van der Waals surface area contributed by atoms with Gasteiger partial charge in [0, 0.05) is 36.5 Å². The van der Waals surface area contributed by atoms with Crippen molar-refractivity contribution in [3.8, 4) is 5.75 Å². The number of amides is 1. The van der Waals surface area contributed by atoms with Crippen molar-refractivity contribution in [1.82, 2.24) is 9.88 Å². The smallest absolute Gasteiger partial charge is 0.264 e. The predicted octanol–water partition coefficient (Wildman–Crippen LogP) is 4.62. The molecule has 1 saturated carbocycles. The lowest BCUT2D eigenvalue weighted by Crippen LogP contribution is -2.33. The van der Waals surface area contributed by atoms with Crippen LogP contribution >= 0.6 is 11.3 Å². The number of aromatic nitrogens is 1. The molecule has 1 amide bonds. The molecule has 0 radical (unpaired) electrons. The van der Waals surface area contributed by atoms with E-state index in [1.165, 1.54) is 17.4 Å². The minimum atomic E-state index is -2.70. The van der Waals surface area contributed by atoms with Crippen molar-refractivity contribution in [3.63, 3.8) is 0 Å². The van der Waals surface area contributed by atoms with Gasteiger partial charge in [-0.3, -0.25) is 4.79 Å². The second-order valence-corrected chi connectivity index (χ2v) is 9.22. The molecule has 1 aromatic carbocycles. The van der Waals surface area contributed by atoms with Crippen molar-refractivity contribution in [2.75, 3.05) is 13.1 Å². The Labute approximate surface area is 182 Å². The minimum Gasteiger partial charge on any atom is -0.488 e. The number of ether oxygens (including phenoxy) is 1. The highest BCUT2D eigenvalue weighted by atomic mass is 32.1. The number of hydrogen-bond acceptors (Lipinski definition) is 5. The Morgan fingerprint density at radius 1 is 1.26 bits per heavy atom. The fourth-order valence-electron chi connectivity index (χ4n) is 4.85. The molecule has 31 heavy (non-hydrogen) atoms. The molecule has 1 saturated heterocycles. The van der Waals surface area contributed by atoms with Gasteiger partial charge in [-0.1, -0.05) is 6.07 Å². The molecular weight excluding hydrogens is 420 g/mol. The van der Waals surface area contributed by atoms with E-state index in [1.807, 2.05) is 11.4 Å². The van der Waals surface area contributed by atoms with E-state index in [-0.39, 0.29) is 29.7 Å². The van der Waals surface area contributed by atoms with Crippen molar-refractivity contribution in [3.05, 3.63) is 58.6 Å². The summed E-state index contributed by atoms with van der Waals surface area (Å²) in [7, 11) is 0. The van der Waals surface area contributed by atoms with Crippen molar-refractivity contribution in [2.24, 2.45) is 17.6 Å². The Morgan fingerprint density at radius 3 is 2.94 bits per heavy atom. The van der Waals surface area contributed by atoms with Gasteiger partial charge < -0.3 is 15.4 Å². The fourth-order valence-corrected chi connectivity index (χ4v) is 5.60. The van der Waals surface area contributed by atoms with E-state index in [0.29, 0.717) is 36.2 Å². The molecule has 2 fully saturated rings. The Balaban J connectivity index is 1.34. The number of nitrogens with two attached hydrogens (primary N) is 1. The summed E-state index contributed by atoms with van der Waals surface area (Å²) in [6.07, 6.45) is 0.967. The van der Waals surface area contributed by atoms with Gasteiger partial charge in [-0.25, -0.2) is 13.8 Å². The predicted molar refractivity (Wildman–Crippen MR) is 115 cm³/mol. The van der Waals surface area contributed by atoms with Crippen LogP contribution in [0.25, 0.3) is 10.2 Å². The first kappa shape index (κ1) is 20.3. The van der Waals surface area contributed by atoms with Crippen LogP contribution in [0.4, 0.5) is 8.78 Å². The SMILES string of the molecule is NC1CCC2CN(C(=O)c3ccc(COc4ccnc5sccc45)c(C(F)F)c3)CC12. The van der Waals surface area contributed by atoms with Crippen molar-refractivity contribution >= 4 is 27.5 Å². The second-order valence-electron chi connectivity index (χ2n) is 8.33.